The van der Waals surface area contributed by atoms with E-state index in [9.17, 15) is 8.42 Å². The van der Waals surface area contributed by atoms with Gasteiger partial charge in [0.1, 0.15) is 0 Å². The van der Waals surface area contributed by atoms with E-state index in [2.05, 4.69) is 36.6 Å². The van der Waals surface area contributed by atoms with E-state index in [1.165, 1.54) is 0 Å². The summed E-state index contributed by atoms with van der Waals surface area (Å²) >= 11 is 0. The second kappa shape index (κ2) is 8.33. The number of hydrogen-bond donors (Lipinski definition) is 1. The van der Waals surface area contributed by atoms with Crippen LogP contribution in [0.3, 0.4) is 0 Å². The molecule has 0 aliphatic heterocycles. The fourth-order valence-electron chi connectivity index (χ4n) is 3.17. The second-order valence-electron chi connectivity index (χ2n) is 7.33. The van der Waals surface area contributed by atoms with E-state index in [4.69, 9.17) is 0 Å². The molecule has 0 heterocycles. The number of benzene rings is 2. The van der Waals surface area contributed by atoms with Crippen LogP contribution >= 0.6 is 0 Å². The van der Waals surface area contributed by atoms with Gasteiger partial charge in [-0.1, -0.05) is 42.0 Å². The molecule has 5 heteroatoms. The Labute approximate surface area is 158 Å². The molecule has 0 fully saturated rings. The molecule has 0 aromatic heterocycles. The van der Waals surface area contributed by atoms with Crippen molar-refractivity contribution in [1.82, 2.24) is 9.62 Å². The largest absolute Gasteiger partial charge is 0.300 e. The van der Waals surface area contributed by atoms with Crippen molar-refractivity contribution in [3.05, 3.63) is 64.2 Å². The van der Waals surface area contributed by atoms with E-state index in [-0.39, 0.29) is 6.54 Å². The highest BCUT2D eigenvalue weighted by molar-refractivity contribution is 7.89. The zero-order chi connectivity index (χ0) is 19.5. The number of rotatable bonds is 7. The molecule has 0 amide bonds. The van der Waals surface area contributed by atoms with Crippen LogP contribution in [0.2, 0.25) is 0 Å². The molecule has 2 rings (SSSR count). The molecule has 2 aromatic rings. The minimum Gasteiger partial charge on any atom is -0.300 e. The van der Waals surface area contributed by atoms with Crippen LogP contribution < -0.4 is 4.72 Å². The molecule has 1 N–H and O–H groups in total. The maximum atomic E-state index is 12.9. The van der Waals surface area contributed by atoms with E-state index >= 15 is 0 Å². The normalized spacial score (nSPS) is 12.2. The molecule has 0 saturated carbocycles. The van der Waals surface area contributed by atoms with Gasteiger partial charge in [0.2, 0.25) is 10.0 Å². The standard InChI is InChI=1S/C21H30N2O2S/c1-15(2)23(6)14-20-10-8-7-9-19(20)13-22-26(24,25)21-17(4)11-16(3)12-18(21)5/h7-12,15,22H,13-14H2,1-6H3. The average Bonchev–Trinajstić information content (AvgIpc) is 2.52. The van der Waals surface area contributed by atoms with E-state index < -0.39 is 10.0 Å². The summed E-state index contributed by atoms with van der Waals surface area (Å²) in [6.45, 7) is 11.0. The average molecular weight is 375 g/mol. The SMILES string of the molecule is Cc1cc(C)c(S(=O)(=O)NCc2ccccc2CN(C)C(C)C)c(C)c1. The van der Waals surface area contributed by atoms with Gasteiger partial charge in [-0.2, -0.15) is 0 Å². The summed E-state index contributed by atoms with van der Waals surface area (Å²) in [6, 6.07) is 12.2. The lowest BCUT2D eigenvalue weighted by Gasteiger charge is -2.22. The summed E-state index contributed by atoms with van der Waals surface area (Å²) in [7, 11) is -1.49. The Kier molecular flexibility index (Phi) is 6.61. The number of sulfonamides is 1. The van der Waals surface area contributed by atoms with Crippen LogP contribution in [0.5, 0.6) is 0 Å². The second-order valence-corrected chi connectivity index (χ2v) is 9.03. The summed E-state index contributed by atoms with van der Waals surface area (Å²) in [5.74, 6) is 0. The maximum Gasteiger partial charge on any atom is 0.241 e. The summed E-state index contributed by atoms with van der Waals surface area (Å²) < 4.78 is 28.5. The topological polar surface area (TPSA) is 49.4 Å². The van der Waals surface area contributed by atoms with Gasteiger partial charge in [-0.15, -0.1) is 0 Å². The highest BCUT2D eigenvalue weighted by atomic mass is 32.2. The third-order valence-electron chi connectivity index (χ3n) is 4.75. The third kappa shape index (κ3) is 4.93. The van der Waals surface area contributed by atoms with Crippen molar-refractivity contribution < 1.29 is 8.42 Å². The minimum atomic E-state index is -3.56. The first-order valence-electron chi connectivity index (χ1n) is 8.96. The van der Waals surface area contributed by atoms with Gasteiger partial charge < -0.3 is 0 Å². The van der Waals surface area contributed by atoms with Crippen molar-refractivity contribution in [2.75, 3.05) is 7.05 Å². The van der Waals surface area contributed by atoms with Crippen molar-refractivity contribution in [2.45, 2.75) is 58.6 Å². The van der Waals surface area contributed by atoms with Crippen LogP contribution in [0.4, 0.5) is 0 Å². The molecule has 0 saturated heterocycles. The van der Waals surface area contributed by atoms with Crippen LogP contribution in [0.15, 0.2) is 41.3 Å². The first-order chi connectivity index (χ1) is 12.1. The number of aryl methyl sites for hydroxylation is 3. The van der Waals surface area contributed by atoms with Crippen LogP contribution in [-0.2, 0) is 23.1 Å². The molecule has 0 atom stereocenters. The van der Waals surface area contributed by atoms with Crippen molar-refractivity contribution in [3.63, 3.8) is 0 Å². The van der Waals surface area contributed by atoms with Gasteiger partial charge in [0, 0.05) is 19.1 Å². The number of hydrogen-bond acceptors (Lipinski definition) is 3. The molecule has 4 nitrogen and oxygen atoms in total. The van der Waals surface area contributed by atoms with Crippen molar-refractivity contribution in [1.29, 1.82) is 0 Å². The van der Waals surface area contributed by atoms with Crippen LogP contribution in [-0.4, -0.2) is 26.4 Å². The summed E-state index contributed by atoms with van der Waals surface area (Å²) in [6.07, 6.45) is 0. The molecule has 2 aromatic carbocycles. The smallest absolute Gasteiger partial charge is 0.241 e. The third-order valence-corrected chi connectivity index (χ3v) is 6.45. The zero-order valence-electron chi connectivity index (χ0n) is 16.6. The van der Waals surface area contributed by atoms with Gasteiger partial charge in [0.05, 0.1) is 4.90 Å². The molecule has 0 aliphatic carbocycles. The van der Waals surface area contributed by atoms with Gasteiger partial charge in [0.15, 0.2) is 0 Å². The lowest BCUT2D eigenvalue weighted by atomic mass is 10.1. The number of nitrogens with one attached hydrogen (secondary N) is 1. The Hall–Kier alpha value is -1.69. The molecule has 0 aliphatic rings. The summed E-state index contributed by atoms with van der Waals surface area (Å²) in [4.78, 5) is 2.63. The Morgan fingerprint density at radius 2 is 1.54 bits per heavy atom. The van der Waals surface area contributed by atoms with Crippen LogP contribution in [0.25, 0.3) is 0 Å². The Morgan fingerprint density at radius 3 is 2.08 bits per heavy atom. The fourth-order valence-corrected chi connectivity index (χ4v) is 4.63. The lowest BCUT2D eigenvalue weighted by Crippen LogP contribution is -2.28. The van der Waals surface area contributed by atoms with Gasteiger partial charge in [-0.25, -0.2) is 13.1 Å². The molecular weight excluding hydrogens is 344 g/mol. The van der Waals surface area contributed by atoms with E-state index in [1.807, 2.05) is 51.1 Å². The molecule has 26 heavy (non-hydrogen) atoms. The monoisotopic (exact) mass is 374 g/mol. The first kappa shape index (κ1) is 20.6. The Balaban J connectivity index is 2.24. The molecule has 142 valence electrons. The van der Waals surface area contributed by atoms with E-state index in [0.717, 1.165) is 34.4 Å². The van der Waals surface area contributed by atoms with Gasteiger partial charge in [-0.05, 0) is 63.9 Å². The van der Waals surface area contributed by atoms with Crippen molar-refractivity contribution >= 4 is 10.0 Å². The molecule has 0 spiro atoms. The Morgan fingerprint density at radius 1 is 1.00 bits per heavy atom. The summed E-state index contributed by atoms with van der Waals surface area (Å²) in [5, 5.41) is 0. The summed E-state index contributed by atoms with van der Waals surface area (Å²) in [5.41, 5.74) is 4.78. The fraction of sp³-hybridized carbons (Fsp3) is 0.429. The first-order valence-corrected chi connectivity index (χ1v) is 10.4. The Bertz CT molecular complexity index is 850. The van der Waals surface area contributed by atoms with Gasteiger partial charge in [-0.3, -0.25) is 4.90 Å². The highest BCUT2D eigenvalue weighted by Gasteiger charge is 2.20. The van der Waals surface area contributed by atoms with Crippen LogP contribution in [0, 0.1) is 20.8 Å². The molecular formula is C21H30N2O2S. The predicted octanol–water partition coefficient (Wildman–Crippen LogP) is 3.93. The van der Waals surface area contributed by atoms with Crippen LogP contribution in [0.1, 0.15) is 41.7 Å². The quantitative estimate of drug-likeness (QED) is 0.799. The minimum absolute atomic E-state index is 0.289. The lowest BCUT2D eigenvalue weighted by molar-refractivity contribution is 0.265. The van der Waals surface area contributed by atoms with Gasteiger partial charge >= 0.3 is 0 Å². The maximum absolute atomic E-state index is 12.9. The molecule has 0 unspecified atom stereocenters. The highest BCUT2D eigenvalue weighted by Crippen LogP contribution is 2.22. The number of nitrogens with zero attached hydrogens (tertiary/aromatic N) is 1. The molecule has 0 bridgehead atoms. The zero-order valence-corrected chi connectivity index (χ0v) is 17.4. The van der Waals surface area contributed by atoms with Gasteiger partial charge in [0.25, 0.3) is 0 Å². The van der Waals surface area contributed by atoms with E-state index in [0.29, 0.717) is 10.9 Å². The molecule has 0 radical (unpaired) electrons. The van der Waals surface area contributed by atoms with E-state index in [1.54, 1.807) is 0 Å². The van der Waals surface area contributed by atoms with Crippen molar-refractivity contribution in [3.8, 4) is 0 Å². The van der Waals surface area contributed by atoms with Crippen molar-refractivity contribution in [2.24, 2.45) is 0 Å². The predicted molar refractivity (Wildman–Crippen MR) is 108 cm³/mol.